The number of anilines is 1. The molecule has 2 rings (SSSR count). The van der Waals surface area contributed by atoms with Gasteiger partial charge < -0.3 is 16.0 Å². The Morgan fingerprint density at radius 1 is 1.36 bits per heavy atom. The van der Waals surface area contributed by atoms with E-state index in [-0.39, 0.29) is 23.8 Å². The zero-order valence-corrected chi connectivity index (χ0v) is 13.8. The van der Waals surface area contributed by atoms with E-state index in [0.717, 1.165) is 43.0 Å². The number of hydrogen-bond acceptors (Lipinski definition) is 3. The number of amides is 2. The molecule has 0 saturated carbocycles. The van der Waals surface area contributed by atoms with Crippen LogP contribution in [-0.2, 0) is 16.6 Å². The maximum absolute atomic E-state index is 12.5. The minimum absolute atomic E-state index is 0.00766. The lowest BCUT2D eigenvalue weighted by molar-refractivity contribution is -0.919. The molecule has 0 aliphatic carbocycles. The largest absolute Gasteiger partial charge is 0.369 e. The minimum Gasteiger partial charge on any atom is -0.369 e. The number of nitrogens with two attached hydrogens (primary N) is 1. The minimum atomic E-state index is -0.224. The molecule has 2 amide bonds. The first-order chi connectivity index (χ1) is 10.3. The van der Waals surface area contributed by atoms with E-state index in [1.54, 1.807) is 4.68 Å². The van der Waals surface area contributed by atoms with E-state index in [1.807, 2.05) is 27.8 Å². The molecule has 1 aliphatic heterocycles. The van der Waals surface area contributed by atoms with Crippen LogP contribution in [0.1, 0.15) is 31.2 Å². The molecular formula is C15H26N5O2+. The van der Waals surface area contributed by atoms with Crippen LogP contribution in [0, 0.1) is 19.8 Å². The van der Waals surface area contributed by atoms with Gasteiger partial charge in [0.05, 0.1) is 30.2 Å². The fourth-order valence-electron chi connectivity index (χ4n) is 3.08. The number of hydrogen-bond donors (Lipinski definition) is 3. The van der Waals surface area contributed by atoms with Gasteiger partial charge in [0.2, 0.25) is 5.91 Å². The molecule has 4 N–H and O–H groups in total. The zero-order valence-electron chi connectivity index (χ0n) is 13.8. The Bertz CT molecular complexity index is 573. The van der Waals surface area contributed by atoms with Gasteiger partial charge in [0, 0.05) is 25.8 Å². The van der Waals surface area contributed by atoms with Crippen LogP contribution in [0.4, 0.5) is 5.69 Å². The summed E-state index contributed by atoms with van der Waals surface area (Å²) in [6, 6.07) is -0.159. The second-order valence-corrected chi connectivity index (χ2v) is 6.22. The first-order valence-electron chi connectivity index (χ1n) is 7.76. The highest BCUT2D eigenvalue weighted by Gasteiger charge is 2.32. The summed E-state index contributed by atoms with van der Waals surface area (Å²) in [4.78, 5) is 24.9. The van der Waals surface area contributed by atoms with E-state index in [2.05, 4.69) is 10.4 Å². The highest BCUT2D eigenvalue weighted by atomic mass is 16.2. The molecule has 1 aliphatic rings. The van der Waals surface area contributed by atoms with Crippen LogP contribution in [-0.4, -0.2) is 40.7 Å². The van der Waals surface area contributed by atoms with Crippen molar-refractivity contribution >= 4 is 17.5 Å². The predicted molar refractivity (Wildman–Crippen MR) is 83.4 cm³/mol. The van der Waals surface area contributed by atoms with Crippen molar-refractivity contribution in [2.75, 3.05) is 18.4 Å². The molecule has 7 nitrogen and oxygen atoms in total. The summed E-state index contributed by atoms with van der Waals surface area (Å²) < 4.78 is 1.76. The summed E-state index contributed by atoms with van der Waals surface area (Å²) in [5.41, 5.74) is 7.91. The first-order valence-corrected chi connectivity index (χ1v) is 7.76. The van der Waals surface area contributed by atoms with Gasteiger partial charge in [-0.2, -0.15) is 5.10 Å². The summed E-state index contributed by atoms with van der Waals surface area (Å²) in [5.74, 6) is -0.272. The van der Waals surface area contributed by atoms with E-state index in [4.69, 9.17) is 5.73 Å². The van der Waals surface area contributed by atoms with Crippen molar-refractivity contribution in [3.05, 3.63) is 11.4 Å². The van der Waals surface area contributed by atoms with Gasteiger partial charge in [0.15, 0.2) is 6.04 Å². The molecule has 0 spiro atoms. The molecule has 0 aromatic carbocycles. The van der Waals surface area contributed by atoms with Crippen LogP contribution in [0.15, 0.2) is 0 Å². The monoisotopic (exact) mass is 308 g/mol. The van der Waals surface area contributed by atoms with E-state index in [9.17, 15) is 9.59 Å². The Hall–Kier alpha value is -1.89. The number of primary amides is 1. The predicted octanol–water partition coefficient (Wildman–Crippen LogP) is -0.856. The molecule has 1 saturated heterocycles. The van der Waals surface area contributed by atoms with Crippen LogP contribution in [0.3, 0.4) is 0 Å². The number of piperidine rings is 1. The SMILES string of the molecule is Cc1nn(C)c(C)c1NC(=O)[C@@H](C)[NH+]1CCC(C(N)=O)CC1. The third-order valence-electron chi connectivity index (χ3n) is 4.79. The second kappa shape index (κ2) is 6.48. The number of carbonyl (C=O) groups is 2. The van der Waals surface area contributed by atoms with Crippen molar-refractivity contribution in [3.63, 3.8) is 0 Å². The molecule has 22 heavy (non-hydrogen) atoms. The Morgan fingerprint density at radius 3 is 2.41 bits per heavy atom. The molecule has 1 atom stereocenters. The van der Waals surface area contributed by atoms with Crippen molar-refractivity contribution in [1.82, 2.24) is 9.78 Å². The van der Waals surface area contributed by atoms with Gasteiger partial charge in [0.25, 0.3) is 5.91 Å². The second-order valence-electron chi connectivity index (χ2n) is 6.22. The highest BCUT2D eigenvalue weighted by molar-refractivity contribution is 5.94. The summed E-state index contributed by atoms with van der Waals surface area (Å²) in [6.45, 7) is 7.35. The van der Waals surface area contributed by atoms with Crippen molar-refractivity contribution in [2.45, 2.75) is 39.7 Å². The molecule has 0 bridgehead atoms. The van der Waals surface area contributed by atoms with Crippen molar-refractivity contribution < 1.29 is 14.5 Å². The van der Waals surface area contributed by atoms with Gasteiger partial charge in [-0.25, -0.2) is 0 Å². The summed E-state index contributed by atoms with van der Waals surface area (Å²) in [5, 5.41) is 7.30. The molecule has 0 radical (unpaired) electrons. The third-order valence-corrected chi connectivity index (χ3v) is 4.79. The molecule has 0 unspecified atom stereocenters. The summed E-state index contributed by atoms with van der Waals surface area (Å²) in [6.07, 6.45) is 1.51. The van der Waals surface area contributed by atoms with E-state index >= 15 is 0 Å². The average Bonchev–Trinajstić information content (AvgIpc) is 2.73. The van der Waals surface area contributed by atoms with Crippen LogP contribution in [0.25, 0.3) is 0 Å². The Kier molecular flexibility index (Phi) is 4.85. The molecule has 1 aromatic rings. The number of quaternary nitrogens is 1. The quantitative estimate of drug-likeness (QED) is 0.676. The standard InChI is InChI=1S/C15H25N5O2/c1-9-13(10(2)19(4)18-9)17-15(22)11(3)20-7-5-12(6-8-20)14(16)21/h11-12H,5-8H2,1-4H3,(H2,16,21)(H,17,22)/p+1/t11-/m1/s1. The maximum atomic E-state index is 12.5. The van der Waals surface area contributed by atoms with Gasteiger partial charge in [-0.15, -0.1) is 0 Å². The van der Waals surface area contributed by atoms with Crippen LogP contribution in [0.2, 0.25) is 0 Å². The number of nitrogens with one attached hydrogen (secondary N) is 2. The van der Waals surface area contributed by atoms with Gasteiger partial charge in [-0.05, 0) is 20.8 Å². The van der Waals surface area contributed by atoms with Gasteiger partial charge in [-0.1, -0.05) is 0 Å². The van der Waals surface area contributed by atoms with Gasteiger partial charge in [0.1, 0.15) is 0 Å². The number of carbonyl (C=O) groups excluding carboxylic acids is 2. The lowest BCUT2D eigenvalue weighted by Crippen LogP contribution is -3.17. The number of aromatic nitrogens is 2. The topological polar surface area (TPSA) is 94.4 Å². The average molecular weight is 308 g/mol. The van der Waals surface area contributed by atoms with E-state index in [0.29, 0.717) is 0 Å². The lowest BCUT2D eigenvalue weighted by atomic mass is 9.95. The van der Waals surface area contributed by atoms with Gasteiger partial charge >= 0.3 is 0 Å². The van der Waals surface area contributed by atoms with Crippen molar-refractivity contribution in [1.29, 1.82) is 0 Å². The Labute approximate surface area is 130 Å². The third kappa shape index (κ3) is 3.30. The molecule has 2 heterocycles. The lowest BCUT2D eigenvalue weighted by Gasteiger charge is -2.31. The van der Waals surface area contributed by atoms with Crippen LogP contribution < -0.4 is 16.0 Å². The summed E-state index contributed by atoms with van der Waals surface area (Å²) >= 11 is 0. The van der Waals surface area contributed by atoms with E-state index in [1.165, 1.54) is 4.90 Å². The highest BCUT2D eigenvalue weighted by Crippen LogP contribution is 2.18. The molecule has 1 aromatic heterocycles. The fraction of sp³-hybridized carbons (Fsp3) is 0.667. The number of aryl methyl sites for hydroxylation is 2. The molecule has 1 fully saturated rings. The van der Waals surface area contributed by atoms with Crippen molar-refractivity contribution in [2.24, 2.45) is 18.7 Å². The fourth-order valence-corrected chi connectivity index (χ4v) is 3.08. The Morgan fingerprint density at radius 2 is 1.95 bits per heavy atom. The first kappa shape index (κ1) is 16.5. The van der Waals surface area contributed by atoms with E-state index < -0.39 is 0 Å². The summed E-state index contributed by atoms with van der Waals surface area (Å²) in [7, 11) is 1.86. The zero-order chi connectivity index (χ0) is 16.4. The van der Waals surface area contributed by atoms with Crippen molar-refractivity contribution in [3.8, 4) is 0 Å². The normalized spacial score (nSPS) is 23.1. The van der Waals surface area contributed by atoms with Gasteiger partial charge in [-0.3, -0.25) is 14.3 Å². The van der Waals surface area contributed by atoms with Crippen LogP contribution in [0.5, 0.6) is 0 Å². The molecule has 122 valence electrons. The maximum Gasteiger partial charge on any atom is 0.282 e. The van der Waals surface area contributed by atoms with Crippen LogP contribution >= 0.6 is 0 Å². The number of nitrogens with zero attached hydrogens (tertiary/aromatic N) is 2. The smallest absolute Gasteiger partial charge is 0.282 e. The molecular weight excluding hydrogens is 282 g/mol. The molecule has 7 heteroatoms. The number of likely N-dealkylation sites (tertiary alicyclic amines) is 1. The number of rotatable bonds is 4. The Balaban J connectivity index is 1.97.